The summed E-state index contributed by atoms with van der Waals surface area (Å²) in [6, 6.07) is 10.6. The maximum atomic E-state index is 13.4. The second kappa shape index (κ2) is 8.31. The Hall–Kier alpha value is -3.18. The number of carbonyl (C=O) groups is 1. The summed E-state index contributed by atoms with van der Waals surface area (Å²) < 4.78 is 60.0. The highest BCUT2D eigenvalue weighted by molar-refractivity contribution is 7.44. The van der Waals surface area contributed by atoms with Gasteiger partial charge in [0.15, 0.2) is 0 Å². The Morgan fingerprint density at radius 3 is 2.64 bits per heavy atom. The molecular weight excluding hydrogens is 468 g/mol. The molecule has 2 heterocycles. The van der Waals surface area contributed by atoms with E-state index in [1.807, 2.05) is 0 Å². The number of benzene rings is 2. The van der Waals surface area contributed by atoms with Crippen molar-refractivity contribution in [3.8, 4) is 11.3 Å². The van der Waals surface area contributed by atoms with E-state index in [1.165, 1.54) is 42.5 Å². The van der Waals surface area contributed by atoms with Crippen molar-refractivity contribution in [3.05, 3.63) is 64.4 Å². The van der Waals surface area contributed by atoms with Crippen molar-refractivity contribution in [1.82, 2.24) is 4.98 Å². The van der Waals surface area contributed by atoms with E-state index in [-0.39, 0.29) is 28.9 Å². The molecule has 2 N–H and O–H groups in total. The van der Waals surface area contributed by atoms with Gasteiger partial charge in [-0.1, -0.05) is 24.3 Å². The van der Waals surface area contributed by atoms with Gasteiger partial charge >= 0.3 is 12.3 Å². The largest absolute Gasteiger partial charge is 0.756 e. The minimum Gasteiger partial charge on any atom is -0.756 e. The van der Waals surface area contributed by atoms with E-state index in [4.69, 9.17) is 9.63 Å². The van der Waals surface area contributed by atoms with Crippen molar-refractivity contribution in [2.45, 2.75) is 12.3 Å². The monoisotopic (exact) mass is 483 g/mol. The first kappa shape index (κ1) is 23.0. The predicted octanol–water partition coefficient (Wildman–Crippen LogP) is 3.02. The average Bonchev–Trinajstić information content (AvgIpc) is 3.11. The summed E-state index contributed by atoms with van der Waals surface area (Å²) in [5.41, 5.74) is -1.51. The number of nitrogens with zero attached hydrogens (tertiary/aromatic N) is 1. The van der Waals surface area contributed by atoms with Crippen molar-refractivity contribution in [1.29, 1.82) is 0 Å². The number of anilines is 1. The lowest BCUT2D eigenvalue weighted by Crippen LogP contribution is -2.26. The molecule has 0 radical (unpaired) electrons. The van der Waals surface area contributed by atoms with Gasteiger partial charge in [-0.25, -0.2) is 4.79 Å². The standard InChI is InChI=1S/C20H16F3N2O7P/c21-20(22,23)16-4-2-1-3-14(16)17-7-11-5-6-12(8-15(11)18(26)24-17)25-9-13(32-19(25)27)10-31-33(28,29)30/h1-8,13H,9-10H2,(H,24,26)(H2,28,29,30)/p-1/t13-/m1/s1. The Kier molecular flexibility index (Phi) is 5.79. The zero-order valence-corrected chi connectivity index (χ0v) is 17.4. The number of H-pyrrole nitrogens is 1. The summed E-state index contributed by atoms with van der Waals surface area (Å²) in [5.74, 6) is 0. The molecule has 1 aliphatic heterocycles. The van der Waals surface area contributed by atoms with Crippen LogP contribution in [0.3, 0.4) is 0 Å². The highest BCUT2D eigenvalue weighted by atomic mass is 31.2. The van der Waals surface area contributed by atoms with Gasteiger partial charge in [-0.2, -0.15) is 13.2 Å². The van der Waals surface area contributed by atoms with Gasteiger partial charge in [-0.3, -0.25) is 14.3 Å². The van der Waals surface area contributed by atoms with Gasteiger partial charge in [0.05, 0.1) is 18.7 Å². The van der Waals surface area contributed by atoms with Gasteiger partial charge in [-0.15, -0.1) is 0 Å². The molecule has 1 aliphatic rings. The third-order valence-corrected chi connectivity index (χ3v) is 5.44. The van der Waals surface area contributed by atoms with Crippen LogP contribution in [0.5, 0.6) is 0 Å². The Bertz CT molecular complexity index is 1340. The van der Waals surface area contributed by atoms with Gasteiger partial charge in [-0.05, 0) is 29.7 Å². The lowest BCUT2D eigenvalue weighted by atomic mass is 10.0. The topological polar surface area (TPSA) is 132 Å². The highest BCUT2D eigenvalue weighted by Gasteiger charge is 2.34. The third-order valence-electron chi connectivity index (χ3n) is 4.96. The number of halogens is 3. The highest BCUT2D eigenvalue weighted by Crippen LogP contribution is 2.37. The number of phosphoric acid groups is 1. The number of pyridine rings is 1. The molecule has 1 fully saturated rings. The molecule has 1 unspecified atom stereocenters. The molecule has 9 nitrogen and oxygen atoms in total. The minimum atomic E-state index is -4.99. The quantitative estimate of drug-likeness (QED) is 0.533. The summed E-state index contributed by atoms with van der Waals surface area (Å²) in [4.78, 5) is 47.8. The molecule has 1 aromatic heterocycles. The number of aromatic amines is 1. The fraction of sp³-hybridized carbons (Fsp3) is 0.200. The number of aromatic nitrogens is 1. The maximum Gasteiger partial charge on any atom is 0.417 e. The van der Waals surface area contributed by atoms with Gasteiger partial charge in [0.2, 0.25) is 0 Å². The number of amides is 1. The first-order chi connectivity index (χ1) is 15.4. The van der Waals surface area contributed by atoms with Crippen molar-refractivity contribution in [2.24, 2.45) is 0 Å². The molecule has 0 bridgehead atoms. The van der Waals surface area contributed by atoms with Gasteiger partial charge in [0.25, 0.3) is 13.4 Å². The number of nitrogens with one attached hydrogen (secondary N) is 1. The Morgan fingerprint density at radius 1 is 1.21 bits per heavy atom. The van der Waals surface area contributed by atoms with Crippen LogP contribution in [-0.2, 0) is 20.0 Å². The molecule has 0 aliphatic carbocycles. The number of alkyl halides is 3. The van der Waals surface area contributed by atoms with E-state index >= 15 is 0 Å². The predicted molar refractivity (Wildman–Crippen MR) is 108 cm³/mol. The summed E-state index contributed by atoms with van der Waals surface area (Å²) in [7, 11) is -4.99. The van der Waals surface area contributed by atoms with Crippen molar-refractivity contribution in [3.63, 3.8) is 0 Å². The average molecular weight is 483 g/mol. The fourth-order valence-electron chi connectivity index (χ4n) is 3.52. The molecule has 2 atom stereocenters. The molecule has 3 aromatic rings. The number of hydrogen-bond donors (Lipinski definition) is 2. The first-order valence-corrected chi connectivity index (χ1v) is 10.9. The molecular formula is C20H15F3N2O7P-. The van der Waals surface area contributed by atoms with Crippen molar-refractivity contribution in [2.75, 3.05) is 18.1 Å². The van der Waals surface area contributed by atoms with Gasteiger partial charge in [0.1, 0.15) is 6.10 Å². The molecule has 2 aromatic carbocycles. The van der Waals surface area contributed by atoms with E-state index < -0.39 is 43.9 Å². The van der Waals surface area contributed by atoms with Crippen LogP contribution < -0.4 is 15.4 Å². The van der Waals surface area contributed by atoms with Crippen LogP contribution in [0.4, 0.5) is 23.7 Å². The van der Waals surface area contributed by atoms with Crippen molar-refractivity contribution >= 4 is 30.4 Å². The molecule has 4 rings (SSSR count). The van der Waals surface area contributed by atoms with Crippen LogP contribution in [0.2, 0.25) is 0 Å². The zero-order valence-electron chi connectivity index (χ0n) is 16.5. The van der Waals surface area contributed by atoms with Crippen LogP contribution in [0.1, 0.15) is 5.56 Å². The van der Waals surface area contributed by atoms with E-state index in [1.54, 1.807) is 0 Å². The molecule has 1 saturated heterocycles. The number of fused-ring (bicyclic) bond motifs is 1. The fourth-order valence-corrected chi connectivity index (χ4v) is 3.88. The van der Waals surface area contributed by atoms with Crippen LogP contribution >= 0.6 is 7.82 Å². The molecule has 33 heavy (non-hydrogen) atoms. The van der Waals surface area contributed by atoms with Gasteiger partial charge < -0.3 is 24.0 Å². The molecule has 0 saturated carbocycles. The van der Waals surface area contributed by atoms with Crippen LogP contribution in [0.15, 0.2) is 53.3 Å². The van der Waals surface area contributed by atoms with E-state index in [9.17, 15) is 32.2 Å². The number of hydrogen-bond acceptors (Lipinski definition) is 6. The number of rotatable bonds is 5. The van der Waals surface area contributed by atoms with E-state index in [2.05, 4.69) is 9.51 Å². The number of cyclic esters (lactones) is 1. The first-order valence-electron chi connectivity index (χ1n) is 9.42. The summed E-state index contributed by atoms with van der Waals surface area (Å²) in [5, 5.41) is 0.460. The third kappa shape index (κ3) is 4.93. The van der Waals surface area contributed by atoms with Crippen LogP contribution in [0.25, 0.3) is 22.0 Å². The molecule has 13 heteroatoms. The number of ether oxygens (including phenoxy) is 1. The number of carbonyl (C=O) groups excluding carboxylic acids is 1. The van der Waals surface area contributed by atoms with Gasteiger partial charge in [0, 0.05) is 22.3 Å². The molecule has 1 amide bonds. The summed E-state index contributed by atoms with van der Waals surface area (Å²) in [6.45, 7) is -0.699. The Morgan fingerprint density at radius 2 is 1.94 bits per heavy atom. The lowest BCUT2D eigenvalue weighted by molar-refractivity contribution is -0.221. The normalized spacial score (nSPS) is 18.4. The Balaban J connectivity index is 1.66. The van der Waals surface area contributed by atoms with Crippen LogP contribution in [0, 0.1) is 0 Å². The smallest absolute Gasteiger partial charge is 0.417 e. The van der Waals surface area contributed by atoms with E-state index in [0.717, 1.165) is 11.0 Å². The van der Waals surface area contributed by atoms with Crippen LogP contribution in [-0.4, -0.2) is 35.2 Å². The molecule has 174 valence electrons. The SMILES string of the molecule is O=C1O[C@@H](COP(=O)([O-])O)CN1c1ccc2cc(-c3ccccc3C(F)(F)F)[nH]c(=O)c2c1. The minimum absolute atomic E-state index is 0.0167. The van der Waals surface area contributed by atoms with E-state index in [0.29, 0.717) is 5.39 Å². The zero-order chi connectivity index (χ0) is 24.0. The molecule has 0 spiro atoms. The Labute approximate surface area is 183 Å². The summed E-state index contributed by atoms with van der Waals surface area (Å²) >= 11 is 0. The maximum absolute atomic E-state index is 13.4. The van der Waals surface area contributed by atoms with Crippen molar-refractivity contribution < 1.29 is 41.6 Å². The second-order valence-electron chi connectivity index (χ2n) is 7.21. The summed E-state index contributed by atoms with van der Waals surface area (Å²) in [6.07, 6.45) is -6.42. The number of phosphoric ester groups is 1. The second-order valence-corrected chi connectivity index (χ2v) is 8.40. The lowest BCUT2D eigenvalue weighted by Gasteiger charge is -2.17.